The number of benzene rings is 1. The molecule has 11 heteroatoms. The molecule has 3 aliphatic heterocycles. The van der Waals surface area contributed by atoms with Crippen molar-refractivity contribution in [2.75, 3.05) is 26.7 Å². The predicted octanol–water partition coefficient (Wildman–Crippen LogP) is 1.58. The van der Waals surface area contributed by atoms with E-state index >= 15 is 0 Å². The van der Waals surface area contributed by atoms with Crippen LogP contribution in [0.1, 0.15) is 33.1 Å². The molecule has 1 aromatic heterocycles. The first-order valence-electron chi connectivity index (χ1n) is 13.8. The standard InChI is InChI=1S/C29H38N6O5/c1-6-15-32(5)25(37)22-23-26(38)35(19(8-3)17-36)24(29(23)14-13-28(22,4)40-29)27(39)33(16-7-2)18-34-21-12-10-9-11-20(21)30-31-34/h6-7,9-12,19,22-24,36H,1-2,8,13-18H2,3-5H3/t19-,22+,23-,24?,28-,29?/m0/s1. The van der Waals surface area contributed by atoms with Crippen LogP contribution in [0, 0.1) is 11.8 Å². The molecule has 2 unspecified atom stereocenters. The van der Waals surface area contributed by atoms with Crippen LogP contribution in [0.4, 0.5) is 0 Å². The third-order valence-electron chi connectivity index (χ3n) is 8.96. The molecule has 3 amide bonds. The fourth-order valence-electron chi connectivity index (χ4n) is 7.08. The lowest BCUT2D eigenvalue weighted by Gasteiger charge is -2.39. The van der Waals surface area contributed by atoms with Crippen LogP contribution >= 0.6 is 0 Å². The number of aliphatic hydroxyl groups excluding tert-OH is 1. The fourth-order valence-corrected chi connectivity index (χ4v) is 7.08. The lowest BCUT2D eigenvalue weighted by molar-refractivity contribution is -0.157. The fraction of sp³-hybridized carbons (Fsp3) is 0.552. The van der Waals surface area contributed by atoms with Gasteiger partial charge in [-0.3, -0.25) is 14.4 Å². The minimum absolute atomic E-state index is 0.0856. The molecule has 3 saturated heterocycles. The highest BCUT2D eigenvalue weighted by atomic mass is 16.5. The number of likely N-dealkylation sites (N-methyl/N-ethyl adjacent to an activating group) is 1. The van der Waals surface area contributed by atoms with E-state index in [2.05, 4.69) is 23.5 Å². The Balaban J connectivity index is 1.57. The number of hydrogen-bond donors (Lipinski definition) is 1. The number of aromatic nitrogens is 3. The summed E-state index contributed by atoms with van der Waals surface area (Å²) in [5, 5.41) is 18.8. The number of likely N-dealkylation sites (tertiary alicyclic amines) is 1. The summed E-state index contributed by atoms with van der Waals surface area (Å²) in [5.41, 5.74) is -0.607. The first-order chi connectivity index (χ1) is 19.2. The molecule has 3 fully saturated rings. The van der Waals surface area contributed by atoms with Crippen LogP contribution in [0.5, 0.6) is 0 Å². The Morgan fingerprint density at radius 3 is 2.62 bits per heavy atom. The maximum Gasteiger partial charge on any atom is 0.250 e. The van der Waals surface area contributed by atoms with Crippen molar-refractivity contribution in [3.05, 3.63) is 49.6 Å². The topological polar surface area (TPSA) is 121 Å². The van der Waals surface area contributed by atoms with Gasteiger partial charge in [-0.1, -0.05) is 36.4 Å². The number of hydrogen-bond acceptors (Lipinski definition) is 7. The van der Waals surface area contributed by atoms with E-state index < -0.39 is 35.1 Å². The van der Waals surface area contributed by atoms with E-state index in [1.807, 2.05) is 38.1 Å². The van der Waals surface area contributed by atoms with Crippen LogP contribution in [0.15, 0.2) is 49.6 Å². The molecular weight excluding hydrogens is 512 g/mol. The van der Waals surface area contributed by atoms with Gasteiger partial charge in [-0.2, -0.15) is 0 Å². The first-order valence-corrected chi connectivity index (χ1v) is 13.8. The Labute approximate surface area is 234 Å². The van der Waals surface area contributed by atoms with Gasteiger partial charge in [0.1, 0.15) is 23.8 Å². The van der Waals surface area contributed by atoms with E-state index in [0.29, 0.717) is 31.3 Å². The maximum absolute atomic E-state index is 14.6. The minimum Gasteiger partial charge on any atom is -0.394 e. The molecule has 2 bridgehead atoms. The van der Waals surface area contributed by atoms with Crippen LogP contribution in [-0.4, -0.2) is 103 Å². The average Bonchev–Trinajstić information content (AvgIpc) is 3.65. The van der Waals surface area contributed by atoms with E-state index in [1.54, 1.807) is 33.7 Å². The van der Waals surface area contributed by atoms with Gasteiger partial charge in [0.25, 0.3) is 0 Å². The van der Waals surface area contributed by atoms with Gasteiger partial charge in [-0.25, -0.2) is 4.68 Å². The molecule has 1 aromatic carbocycles. The van der Waals surface area contributed by atoms with Gasteiger partial charge in [-0.05, 0) is 38.3 Å². The number of aliphatic hydroxyl groups is 1. The third-order valence-corrected chi connectivity index (χ3v) is 8.96. The van der Waals surface area contributed by atoms with Crippen LogP contribution in [0.2, 0.25) is 0 Å². The molecule has 1 N–H and O–H groups in total. The number of para-hydroxylation sites is 1. The van der Waals surface area contributed by atoms with E-state index in [1.165, 1.54) is 4.90 Å². The molecule has 2 aromatic rings. The molecule has 4 heterocycles. The average molecular weight is 551 g/mol. The van der Waals surface area contributed by atoms with Gasteiger partial charge in [-0.15, -0.1) is 18.3 Å². The molecule has 0 aliphatic carbocycles. The first kappa shape index (κ1) is 28.0. The van der Waals surface area contributed by atoms with E-state index in [9.17, 15) is 19.5 Å². The lowest BCUT2D eigenvalue weighted by Crippen LogP contribution is -2.59. The molecule has 214 valence electrons. The largest absolute Gasteiger partial charge is 0.394 e. The summed E-state index contributed by atoms with van der Waals surface area (Å²) in [6.45, 7) is 11.6. The van der Waals surface area contributed by atoms with Crippen molar-refractivity contribution in [1.29, 1.82) is 0 Å². The Morgan fingerprint density at radius 1 is 1.23 bits per heavy atom. The van der Waals surface area contributed by atoms with Crippen molar-refractivity contribution in [1.82, 2.24) is 29.7 Å². The normalized spacial score (nSPS) is 29.4. The molecule has 3 aliphatic rings. The maximum atomic E-state index is 14.6. The molecule has 0 saturated carbocycles. The number of rotatable bonds is 11. The monoisotopic (exact) mass is 550 g/mol. The summed E-state index contributed by atoms with van der Waals surface area (Å²) in [5.74, 6) is -2.44. The SMILES string of the molecule is C=CCN(C)C(=O)[C@H]1[C@H]2C(=O)N([C@@H](CC)CO)C(C(=O)N(CC=C)Cn3nnc4ccccc43)C23CC[C@]1(C)O3. The van der Waals surface area contributed by atoms with Crippen molar-refractivity contribution >= 4 is 28.8 Å². The highest BCUT2D eigenvalue weighted by molar-refractivity contribution is 5.99. The second-order valence-electron chi connectivity index (χ2n) is 11.3. The summed E-state index contributed by atoms with van der Waals surface area (Å²) in [6, 6.07) is 5.86. The predicted molar refractivity (Wildman–Crippen MR) is 148 cm³/mol. The number of nitrogens with zero attached hydrogens (tertiary/aromatic N) is 6. The van der Waals surface area contributed by atoms with Crippen molar-refractivity contribution in [2.24, 2.45) is 11.8 Å². The van der Waals surface area contributed by atoms with Crippen LogP contribution < -0.4 is 0 Å². The van der Waals surface area contributed by atoms with Gasteiger partial charge >= 0.3 is 0 Å². The number of ether oxygens (including phenoxy) is 1. The molecule has 11 nitrogen and oxygen atoms in total. The van der Waals surface area contributed by atoms with Gasteiger partial charge in [0.15, 0.2) is 0 Å². The van der Waals surface area contributed by atoms with Gasteiger partial charge in [0.05, 0.1) is 35.6 Å². The number of amides is 3. The Bertz CT molecular complexity index is 1340. The van der Waals surface area contributed by atoms with Crippen molar-refractivity contribution in [3.63, 3.8) is 0 Å². The molecule has 0 radical (unpaired) electrons. The molecule has 40 heavy (non-hydrogen) atoms. The molecule has 5 rings (SSSR count). The van der Waals surface area contributed by atoms with E-state index in [4.69, 9.17) is 4.74 Å². The van der Waals surface area contributed by atoms with E-state index in [-0.39, 0.29) is 37.5 Å². The smallest absolute Gasteiger partial charge is 0.250 e. The summed E-state index contributed by atoms with van der Waals surface area (Å²) in [6.07, 6.45) is 4.70. The van der Waals surface area contributed by atoms with E-state index in [0.717, 1.165) is 5.52 Å². The van der Waals surface area contributed by atoms with Crippen molar-refractivity contribution in [2.45, 2.75) is 63.1 Å². The zero-order valence-electron chi connectivity index (χ0n) is 23.4. The second kappa shape index (κ2) is 10.4. The highest BCUT2D eigenvalue weighted by Crippen LogP contribution is 2.63. The lowest BCUT2D eigenvalue weighted by atomic mass is 9.66. The summed E-state index contributed by atoms with van der Waals surface area (Å²) in [7, 11) is 1.68. The quantitative estimate of drug-likeness (QED) is 0.422. The van der Waals surface area contributed by atoms with Gasteiger partial charge in [0.2, 0.25) is 17.7 Å². The van der Waals surface area contributed by atoms with Crippen molar-refractivity contribution in [3.8, 4) is 0 Å². The van der Waals surface area contributed by atoms with Crippen molar-refractivity contribution < 1.29 is 24.2 Å². The van der Waals surface area contributed by atoms with Crippen LogP contribution in [-0.2, 0) is 25.8 Å². The summed E-state index contributed by atoms with van der Waals surface area (Å²) >= 11 is 0. The zero-order chi connectivity index (χ0) is 28.8. The Hall–Kier alpha value is -3.57. The number of carbonyl (C=O) groups is 3. The summed E-state index contributed by atoms with van der Waals surface area (Å²) < 4.78 is 8.36. The van der Waals surface area contributed by atoms with Crippen LogP contribution in [0.25, 0.3) is 11.0 Å². The summed E-state index contributed by atoms with van der Waals surface area (Å²) in [4.78, 5) is 47.2. The zero-order valence-corrected chi connectivity index (χ0v) is 23.4. The third kappa shape index (κ3) is 4.05. The second-order valence-corrected chi connectivity index (χ2v) is 11.3. The van der Waals surface area contributed by atoms with Crippen LogP contribution in [0.3, 0.4) is 0 Å². The van der Waals surface area contributed by atoms with Gasteiger partial charge in [0, 0.05) is 20.1 Å². The number of fused-ring (bicyclic) bond motifs is 2. The Kier molecular flexibility index (Phi) is 7.30. The Morgan fingerprint density at radius 2 is 1.95 bits per heavy atom. The molecule has 1 spiro atoms. The number of carbonyl (C=O) groups excluding carboxylic acids is 3. The molecule has 6 atom stereocenters. The van der Waals surface area contributed by atoms with Gasteiger partial charge < -0.3 is 24.5 Å². The highest BCUT2D eigenvalue weighted by Gasteiger charge is 2.78. The minimum atomic E-state index is -1.19. The molecular formula is C29H38N6O5.